The Kier molecular flexibility index (Phi) is 3.24. The monoisotopic (exact) mass is 245 g/mol. The van der Waals surface area contributed by atoms with Crippen LogP contribution in [0.15, 0.2) is 12.3 Å². The molecule has 78 valence electrons. The molecule has 0 radical (unpaired) electrons. The molecule has 1 heterocycles. The summed E-state index contributed by atoms with van der Waals surface area (Å²) < 4.78 is 36.0. The number of hydrogen-bond acceptors (Lipinski definition) is 2. The number of aliphatic hydroxyl groups excluding tert-OH is 1. The average Bonchev–Trinajstić information content (AvgIpc) is 2.07. The van der Waals surface area contributed by atoms with E-state index in [1.54, 1.807) is 0 Å². The van der Waals surface area contributed by atoms with Gasteiger partial charge in [-0.05, 0) is 6.07 Å². The Bertz CT molecular complexity index is 342. The Labute approximate surface area is 87.3 Å². The highest BCUT2D eigenvalue weighted by atomic mass is 35.5. The molecule has 0 aliphatic carbocycles. The van der Waals surface area contributed by atoms with Gasteiger partial charge in [-0.2, -0.15) is 13.2 Å². The predicted molar refractivity (Wildman–Crippen MR) is 45.3 cm³/mol. The van der Waals surface area contributed by atoms with E-state index in [2.05, 4.69) is 4.98 Å². The van der Waals surface area contributed by atoms with Gasteiger partial charge in [-0.3, -0.25) is 0 Å². The number of rotatable bonds is 1. The molecule has 0 aliphatic heterocycles. The lowest BCUT2D eigenvalue weighted by Gasteiger charge is -2.14. The number of aromatic nitrogens is 1. The highest BCUT2D eigenvalue weighted by Gasteiger charge is 2.39. The first kappa shape index (κ1) is 11.6. The van der Waals surface area contributed by atoms with Gasteiger partial charge in [0.1, 0.15) is 5.15 Å². The molecule has 0 fully saturated rings. The quantitative estimate of drug-likeness (QED) is 0.772. The van der Waals surface area contributed by atoms with Gasteiger partial charge in [0.15, 0.2) is 6.10 Å². The molecule has 7 heteroatoms. The summed E-state index contributed by atoms with van der Waals surface area (Å²) in [6.07, 6.45) is -6.50. The van der Waals surface area contributed by atoms with E-state index in [-0.39, 0.29) is 10.2 Å². The summed E-state index contributed by atoms with van der Waals surface area (Å²) in [4.78, 5) is 3.39. The molecule has 1 atom stereocenters. The fraction of sp³-hybridized carbons (Fsp3) is 0.286. The zero-order valence-electron chi connectivity index (χ0n) is 6.52. The number of halogens is 5. The molecule has 1 aromatic rings. The molecule has 0 unspecified atom stereocenters. The van der Waals surface area contributed by atoms with Gasteiger partial charge in [-0.1, -0.05) is 23.2 Å². The topological polar surface area (TPSA) is 33.1 Å². The normalized spacial score (nSPS) is 14.1. The van der Waals surface area contributed by atoms with Gasteiger partial charge in [-0.15, -0.1) is 0 Å². The highest BCUT2D eigenvalue weighted by Crippen LogP contribution is 2.33. The van der Waals surface area contributed by atoms with Crippen LogP contribution in [0.2, 0.25) is 10.2 Å². The van der Waals surface area contributed by atoms with Gasteiger partial charge in [0, 0.05) is 11.8 Å². The molecule has 1 aromatic heterocycles. The molecule has 0 aliphatic rings. The van der Waals surface area contributed by atoms with Gasteiger partial charge < -0.3 is 5.11 Å². The minimum Gasteiger partial charge on any atom is -0.379 e. The van der Waals surface area contributed by atoms with Crippen molar-refractivity contribution in [3.8, 4) is 0 Å². The van der Waals surface area contributed by atoms with Crippen molar-refractivity contribution in [1.82, 2.24) is 4.98 Å². The largest absolute Gasteiger partial charge is 0.418 e. The second-order valence-electron chi connectivity index (χ2n) is 2.49. The maximum absolute atomic E-state index is 12.0. The van der Waals surface area contributed by atoms with Crippen LogP contribution in [0.5, 0.6) is 0 Å². The molecular weight excluding hydrogens is 242 g/mol. The molecular formula is C7H4Cl2F3NO. The van der Waals surface area contributed by atoms with Gasteiger partial charge in [-0.25, -0.2) is 4.98 Å². The van der Waals surface area contributed by atoms with E-state index >= 15 is 0 Å². The number of aliphatic hydroxyl groups is 1. The third-order valence-corrected chi connectivity index (χ3v) is 2.13. The maximum atomic E-state index is 12.0. The van der Waals surface area contributed by atoms with Crippen molar-refractivity contribution >= 4 is 23.2 Å². The number of alkyl halides is 3. The smallest absolute Gasteiger partial charge is 0.379 e. The van der Waals surface area contributed by atoms with Crippen LogP contribution in [0, 0.1) is 0 Å². The fourth-order valence-corrected chi connectivity index (χ4v) is 1.05. The lowest BCUT2D eigenvalue weighted by atomic mass is 10.1. The molecule has 14 heavy (non-hydrogen) atoms. The SMILES string of the molecule is O[C@H](c1cnc(Cl)c(Cl)c1)C(F)(F)F. The third-order valence-electron chi connectivity index (χ3n) is 1.44. The molecule has 2 nitrogen and oxygen atoms in total. The summed E-state index contributed by atoms with van der Waals surface area (Å²) in [5.41, 5.74) is -0.438. The number of nitrogens with zero attached hydrogens (tertiary/aromatic N) is 1. The first-order valence-electron chi connectivity index (χ1n) is 3.38. The first-order valence-corrected chi connectivity index (χ1v) is 4.13. The van der Waals surface area contributed by atoms with Crippen LogP contribution in [0.1, 0.15) is 11.7 Å². The van der Waals surface area contributed by atoms with Crippen molar-refractivity contribution in [1.29, 1.82) is 0 Å². The summed E-state index contributed by atoms with van der Waals surface area (Å²) in [7, 11) is 0. The van der Waals surface area contributed by atoms with Crippen LogP contribution in [0.4, 0.5) is 13.2 Å². The van der Waals surface area contributed by atoms with Crippen LogP contribution >= 0.6 is 23.2 Å². The van der Waals surface area contributed by atoms with E-state index in [1.165, 1.54) is 0 Å². The molecule has 0 spiro atoms. The fourth-order valence-electron chi connectivity index (χ4n) is 0.775. The van der Waals surface area contributed by atoms with Crippen molar-refractivity contribution in [2.45, 2.75) is 12.3 Å². The van der Waals surface area contributed by atoms with E-state index in [4.69, 9.17) is 28.3 Å². The van der Waals surface area contributed by atoms with Gasteiger partial charge in [0.05, 0.1) is 5.02 Å². The van der Waals surface area contributed by atoms with E-state index in [0.717, 1.165) is 12.3 Å². The van der Waals surface area contributed by atoms with E-state index < -0.39 is 17.8 Å². The Morgan fingerprint density at radius 2 is 1.93 bits per heavy atom. The molecule has 0 saturated carbocycles. The minimum atomic E-state index is -4.74. The zero-order valence-corrected chi connectivity index (χ0v) is 8.03. The van der Waals surface area contributed by atoms with Crippen LogP contribution in [0.25, 0.3) is 0 Å². The van der Waals surface area contributed by atoms with Gasteiger partial charge in [0.2, 0.25) is 0 Å². The lowest BCUT2D eigenvalue weighted by Crippen LogP contribution is -2.20. The molecule has 0 saturated heterocycles. The van der Waals surface area contributed by atoms with E-state index in [1.807, 2.05) is 0 Å². The predicted octanol–water partition coefficient (Wildman–Crippen LogP) is 2.98. The standard InChI is InChI=1S/C7H4Cl2F3NO/c8-4-1-3(2-13-6(4)9)5(14)7(10,11)12/h1-2,5,14H/t5-/m1/s1. The van der Waals surface area contributed by atoms with Crippen molar-refractivity contribution in [3.05, 3.63) is 28.0 Å². The first-order chi connectivity index (χ1) is 6.32. The molecule has 0 aromatic carbocycles. The van der Waals surface area contributed by atoms with E-state index in [9.17, 15) is 13.2 Å². The Balaban J connectivity index is 3.03. The Morgan fingerprint density at radius 1 is 1.36 bits per heavy atom. The van der Waals surface area contributed by atoms with Gasteiger partial charge >= 0.3 is 6.18 Å². The summed E-state index contributed by atoms with van der Waals surface area (Å²) in [5.74, 6) is 0. The summed E-state index contributed by atoms with van der Waals surface area (Å²) in [6, 6.07) is 0.926. The molecule has 1 rings (SSSR count). The summed E-state index contributed by atoms with van der Waals surface area (Å²) >= 11 is 10.8. The van der Waals surface area contributed by atoms with Crippen LogP contribution in [-0.4, -0.2) is 16.3 Å². The van der Waals surface area contributed by atoms with Crippen LogP contribution < -0.4 is 0 Å². The second-order valence-corrected chi connectivity index (χ2v) is 3.25. The average molecular weight is 246 g/mol. The summed E-state index contributed by atoms with van der Waals surface area (Å²) in [5, 5.41) is 8.57. The Hall–Kier alpha value is -0.520. The van der Waals surface area contributed by atoms with Crippen molar-refractivity contribution in [2.24, 2.45) is 0 Å². The minimum absolute atomic E-state index is 0.107. The molecule has 0 amide bonds. The van der Waals surface area contributed by atoms with Crippen LogP contribution in [0.3, 0.4) is 0 Å². The number of hydrogen-bond donors (Lipinski definition) is 1. The van der Waals surface area contributed by atoms with Crippen molar-refractivity contribution < 1.29 is 18.3 Å². The molecule has 0 bridgehead atoms. The highest BCUT2D eigenvalue weighted by molar-refractivity contribution is 6.41. The number of pyridine rings is 1. The maximum Gasteiger partial charge on any atom is 0.418 e. The Morgan fingerprint density at radius 3 is 2.36 bits per heavy atom. The van der Waals surface area contributed by atoms with Gasteiger partial charge in [0.25, 0.3) is 0 Å². The lowest BCUT2D eigenvalue weighted by molar-refractivity contribution is -0.206. The zero-order chi connectivity index (χ0) is 10.9. The van der Waals surface area contributed by atoms with Crippen molar-refractivity contribution in [3.63, 3.8) is 0 Å². The summed E-state index contributed by atoms with van der Waals surface area (Å²) in [6.45, 7) is 0. The van der Waals surface area contributed by atoms with E-state index in [0.29, 0.717) is 0 Å². The molecule has 1 N–H and O–H groups in total. The second kappa shape index (κ2) is 3.92. The van der Waals surface area contributed by atoms with Crippen LogP contribution in [-0.2, 0) is 0 Å². The third kappa shape index (κ3) is 2.50. The van der Waals surface area contributed by atoms with Crippen molar-refractivity contribution in [2.75, 3.05) is 0 Å².